The van der Waals surface area contributed by atoms with Crippen molar-refractivity contribution >= 4 is 15.8 Å². The lowest BCUT2D eigenvalue weighted by atomic mass is 10.0. The molecule has 0 unspecified atom stereocenters. The highest BCUT2D eigenvalue weighted by Gasteiger charge is 2.23. The predicted molar refractivity (Wildman–Crippen MR) is 118 cm³/mol. The lowest BCUT2D eigenvalue weighted by Gasteiger charge is -2.11. The van der Waals surface area contributed by atoms with E-state index in [-0.39, 0.29) is 0 Å². The standard InChI is InChI=1S/C23H21N3O2S/c1-17-13-15-19(16-14-17)22-21(18-9-5-3-6-10-18)23(25-29(2,27)28)26(24-22)20-11-7-4-8-12-20/h3-16,25H,1-2H3. The van der Waals surface area contributed by atoms with E-state index in [1.165, 1.54) is 0 Å². The van der Waals surface area contributed by atoms with Gasteiger partial charge >= 0.3 is 0 Å². The highest BCUT2D eigenvalue weighted by molar-refractivity contribution is 7.92. The molecule has 0 aliphatic carbocycles. The van der Waals surface area contributed by atoms with Crippen LogP contribution in [0.3, 0.4) is 0 Å². The fourth-order valence-corrected chi connectivity index (χ4v) is 3.78. The number of hydrogen-bond acceptors (Lipinski definition) is 3. The first-order chi connectivity index (χ1) is 13.9. The van der Waals surface area contributed by atoms with Gasteiger partial charge in [0.1, 0.15) is 5.69 Å². The number of hydrogen-bond donors (Lipinski definition) is 1. The van der Waals surface area contributed by atoms with Gasteiger partial charge in [-0.15, -0.1) is 0 Å². The van der Waals surface area contributed by atoms with Gasteiger partial charge in [0.05, 0.1) is 17.5 Å². The van der Waals surface area contributed by atoms with E-state index in [0.717, 1.165) is 34.2 Å². The van der Waals surface area contributed by atoms with Crippen LogP contribution < -0.4 is 4.72 Å². The molecular weight excluding hydrogens is 382 g/mol. The molecule has 0 bridgehead atoms. The van der Waals surface area contributed by atoms with Gasteiger partial charge in [0, 0.05) is 5.56 Å². The van der Waals surface area contributed by atoms with Crippen LogP contribution in [0.1, 0.15) is 5.56 Å². The van der Waals surface area contributed by atoms with E-state index < -0.39 is 10.0 Å². The van der Waals surface area contributed by atoms with Crippen LogP contribution in [-0.4, -0.2) is 24.5 Å². The Hall–Kier alpha value is -3.38. The molecule has 0 amide bonds. The van der Waals surface area contributed by atoms with Gasteiger partial charge < -0.3 is 0 Å². The third kappa shape index (κ3) is 4.07. The lowest BCUT2D eigenvalue weighted by molar-refractivity contribution is 0.606. The summed E-state index contributed by atoms with van der Waals surface area (Å²) in [4.78, 5) is 0. The molecule has 0 atom stereocenters. The van der Waals surface area contributed by atoms with Crippen molar-refractivity contribution in [3.8, 4) is 28.1 Å². The molecule has 6 heteroatoms. The minimum atomic E-state index is -3.52. The second-order valence-corrected chi connectivity index (χ2v) is 8.67. The van der Waals surface area contributed by atoms with E-state index in [1.807, 2.05) is 91.9 Å². The zero-order chi connectivity index (χ0) is 20.4. The molecule has 0 spiro atoms. The number of para-hydroxylation sites is 1. The molecule has 4 rings (SSSR count). The van der Waals surface area contributed by atoms with Gasteiger partial charge in [-0.3, -0.25) is 4.72 Å². The van der Waals surface area contributed by atoms with Crippen LogP contribution in [0.4, 0.5) is 5.82 Å². The Bertz CT molecular complexity index is 1230. The fraction of sp³-hybridized carbons (Fsp3) is 0.0870. The Balaban J connectivity index is 2.06. The van der Waals surface area contributed by atoms with Gasteiger partial charge in [-0.2, -0.15) is 5.10 Å². The maximum Gasteiger partial charge on any atom is 0.230 e. The Morgan fingerprint density at radius 1 is 0.793 bits per heavy atom. The van der Waals surface area contributed by atoms with E-state index in [4.69, 9.17) is 5.10 Å². The number of sulfonamides is 1. The molecule has 1 aromatic heterocycles. The van der Waals surface area contributed by atoms with Crippen molar-refractivity contribution < 1.29 is 8.42 Å². The number of aryl methyl sites for hydroxylation is 1. The zero-order valence-electron chi connectivity index (χ0n) is 16.2. The van der Waals surface area contributed by atoms with Crippen molar-refractivity contribution in [3.63, 3.8) is 0 Å². The molecule has 0 fully saturated rings. The molecular formula is C23H21N3O2S. The molecule has 0 saturated carbocycles. The smallest absolute Gasteiger partial charge is 0.230 e. The molecule has 29 heavy (non-hydrogen) atoms. The lowest BCUT2D eigenvalue weighted by Crippen LogP contribution is -2.14. The van der Waals surface area contributed by atoms with Gasteiger partial charge in [-0.25, -0.2) is 13.1 Å². The largest absolute Gasteiger partial charge is 0.267 e. The third-order valence-corrected chi connectivity index (χ3v) is 5.12. The summed E-state index contributed by atoms with van der Waals surface area (Å²) < 4.78 is 28.8. The van der Waals surface area contributed by atoms with Crippen LogP contribution in [0, 0.1) is 6.92 Å². The zero-order valence-corrected chi connectivity index (χ0v) is 17.0. The average Bonchev–Trinajstić information content (AvgIpc) is 3.07. The van der Waals surface area contributed by atoms with E-state index in [0.29, 0.717) is 11.5 Å². The molecule has 0 aliphatic rings. The molecule has 146 valence electrons. The van der Waals surface area contributed by atoms with Crippen molar-refractivity contribution in [2.75, 3.05) is 11.0 Å². The normalized spacial score (nSPS) is 11.4. The summed E-state index contributed by atoms with van der Waals surface area (Å²) in [5.74, 6) is 0.417. The van der Waals surface area contributed by atoms with Crippen molar-refractivity contribution in [1.82, 2.24) is 9.78 Å². The van der Waals surface area contributed by atoms with Gasteiger partial charge in [0.15, 0.2) is 5.82 Å². The summed E-state index contributed by atoms with van der Waals surface area (Å²) in [6.45, 7) is 2.03. The van der Waals surface area contributed by atoms with Crippen molar-refractivity contribution in [1.29, 1.82) is 0 Å². The van der Waals surface area contributed by atoms with E-state index >= 15 is 0 Å². The Morgan fingerprint density at radius 3 is 1.97 bits per heavy atom. The first kappa shape index (κ1) is 19.0. The van der Waals surface area contributed by atoms with Crippen LogP contribution >= 0.6 is 0 Å². The monoisotopic (exact) mass is 403 g/mol. The molecule has 1 heterocycles. The van der Waals surface area contributed by atoms with Crippen LogP contribution in [-0.2, 0) is 10.0 Å². The quantitative estimate of drug-likeness (QED) is 0.516. The van der Waals surface area contributed by atoms with Gasteiger partial charge in [-0.05, 0) is 24.6 Å². The molecule has 0 saturated heterocycles. The Morgan fingerprint density at radius 2 is 1.38 bits per heavy atom. The predicted octanol–water partition coefficient (Wildman–Crippen LogP) is 4.89. The molecule has 4 aromatic rings. The second kappa shape index (κ2) is 7.56. The van der Waals surface area contributed by atoms with Crippen LogP contribution in [0.15, 0.2) is 84.9 Å². The van der Waals surface area contributed by atoms with Crippen molar-refractivity contribution in [2.45, 2.75) is 6.92 Å². The van der Waals surface area contributed by atoms with E-state index in [2.05, 4.69) is 4.72 Å². The third-order valence-electron chi connectivity index (χ3n) is 4.56. The fourth-order valence-electron chi connectivity index (χ4n) is 3.24. The summed E-state index contributed by atoms with van der Waals surface area (Å²) in [7, 11) is -3.52. The Kier molecular flexibility index (Phi) is 4.94. The number of anilines is 1. The van der Waals surface area contributed by atoms with Gasteiger partial charge in [0.25, 0.3) is 0 Å². The van der Waals surface area contributed by atoms with Crippen LogP contribution in [0.5, 0.6) is 0 Å². The van der Waals surface area contributed by atoms with Crippen molar-refractivity contribution in [2.24, 2.45) is 0 Å². The van der Waals surface area contributed by atoms with E-state index in [1.54, 1.807) is 4.68 Å². The number of nitrogens with zero attached hydrogens (tertiary/aromatic N) is 2. The molecule has 3 aromatic carbocycles. The summed E-state index contributed by atoms with van der Waals surface area (Å²) in [6.07, 6.45) is 1.15. The summed E-state index contributed by atoms with van der Waals surface area (Å²) >= 11 is 0. The van der Waals surface area contributed by atoms with Crippen LogP contribution in [0.25, 0.3) is 28.1 Å². The number of benzene rings is 3. The molecule has 0 radical (unpaired) electrons. The average molecular weight is 404 g/mol. The highest BCUT2D eigenvalue weighted by Crippen LogP contribution is 2.39. The first-order valence-corrected chi connectivity index (χ1v) is 11.1. The molecule has 5 nitrogen and oxygen atoms in total. The summed E-state index contributed by atoms with van der Waals surface area (Å²) in [5.41, 5.74) is 5.17. The minimum absolute atomic E-state index is 0.417. The van der Waals surface area contributed by atoms with Gasteiger partial charge in [0.2, 0.25) is 10.0 Å². The Labute approximate surface area is 170 Å². The van der Waals surface area contributed by atoms with Gasteiger partial charge in [-0.1, -0.05) is 78.4 Å². The maximum absolute atomic E-state index is 12.2. The van der Waals surface area contributed by atoms with E-state index in [9.17, 15) is 8.42 Å². The number of nitrogens with one attached hydrogen (secondary N) is 1. The number of rotatable bonds is 5. The van der Waals surface area contributed by atoms with Crippen molar-refractivity contribution in [3.05, 3.63) is 90.5 Å². The van der Waals surface area contributed by atoms with Crippen LogP contribution in [0.2, 0.25) is 0 Å². The topological polar surface area (TPSA) is 64.0 Å². The molecule has 0 aliphatic heterocycles. The number of aromatic nitrogens is 2. The summed E-state index contributed by atoms with van der Waals surface area (Å²) in [5, 5.41) is 4.83. The SMILES string of the molecule is Cc1ccc(-c2nn(-c3ccccc3)c(NS(C)(=O)=O)c2-c2ccccc2)cc1. The first-order valence-electron chi connectivity index (χ1n) is 9.21. The maximum atomic E-state index is 12.2. The summed E-state index contributed by atoms with van der Waals surface area (Å²) in [6, 6.07) is 27.3. The minimum Gasteiger partial charge on any atom is -0.267 e. The highest BCUT2D eigenvalue weighted by atomic mass is 32.2. The second-order valence-electron chi connectivity index (χ2n) is 6.93. The molecule has 1 N–H and O–H groups in total.